The van der Waals surface area contributed by atoms with E-state index in [4.69, 9.17) is 9.47 Å². The Bertz CT molecular complexity index is 143. The fourth-order valence-electron chi connectivity index (χ4n) is 1.42. The average molecular weight is 232 g/mol. The highest BCUT2D eigenvalue weighted by Crippen LogP contribution is 1.95. The van der Waals surface area contributed by atoms with Gasteiger partial charge in [-0.1, -0.05) is 6.92 Å². The fraction of sp³-hybridized carbons (Fsp3) is 1.00. The predicted molar refractivity (Wildman–Crippen MR) is 67.9 cm³/mol. The van der Waals surface area contributed by atoms with Crippen LogP contribution in [0.4, 0.5) is 0 Å². The summed E-state index contributed by atoms with van der Waals surface area (Å²) in [5.74, 6) is 0. The molecule has 1 N–H and O–H groups in total. The second kappa shape index (κ2) is 11.3. The molecule has 0 bridgehead atoms. The summed E-state index contributed by atoms with van der Waals surface area (Å²) in [6.45, 7) is 6.63. The van der Waals surface area contributed by atoms with Gasteiger partial charge in [0.15, 0.2) is 0 Å². The van der Waals surface area contributed by atoms with Crippen molar-refractivity contribution in [2.75, 3.05) is 54.1 Å². The molecule has 16 heavy (non-hydrogen) atoms. The van der Waals surface area contributed by atoms with E-state index in [0.29, 0.717) is 6.61 Å². The lowest BCUT2D eigenvalue weighted by molar-refractivity contribution is -0.00311. The lowest BCUT2D eigenvalue weighted by Gasteiger charge is -2.18. The first kappa shape index (κ1) is 15.8. The van der Waals surface area contributed by atoms with Gasteiger partial charge in [-0.25, -0.2) is 0 Å². The van der Waals surface area contributed by atoms with Crippen molar-refractivity contribution in [3.63, 3.8) is 0 Å². The van der Waals surface area contributed by atoms with E-state index in [1.165, 1.54) is 0 Å². The van der Waals surface area contributed by atoms with Crippen LogP contribution in [0.2, 0.25) is 0 Å². The zero-order valence-electron chi connectivity index (χ0n) is 11.3. The van der Waals surface area contributed by atoms with Gasteiger partial charge in [0.2, 0.25) is 0 Å². The second-order valence-corrected chi connectivity index (χ2v) is 4.31. The molecule has 0 aliphatic rings. The molecule has 0 aromatic carbocycles. The van der Waals surface area contributed by atoms with Crippen LogP contribution < -0.4 is 5.32 Å². The quantitative estimate of drug-likeness (QED) is 0.538. The lowest BCUT2D eigenvalue weighted by Crippen LogP contribution is -2.33. The van der Waals surface area contributed by atoms with Gasteiger partial charge in [0.05, 0.1) is 12.7 Å². The molecule has 0 saturated heterocycles. The highest BCUT2D eigenvalue weighted by atomic mass is 16.5. The largest absolute Gasteiger partial charge is 0.382 e. The molecular weight excluding hydrogens is 204 g/mol. The molecular formula is C12H28N2O2. The zero-order valence-corrected chi connectivity index (χ0v) is 11.3. The third-order valence-corrected chi connectivity index (χ3v) is 2.25. The Kier molecular flexibility index (Phi) is 11.2. The molecule has 0 aromatic rings. The number of nitrogens with zero attached hydrogens (tertiary/aromatic N) is 1. The van der Waals surface area contributed by atoms with E-state index >= 15 is 0 Å². The first-order valence-corrected chi connectivity index (χ1v) is 6.16. The summed E-state index contributed by atoms with van der Waals surface area (Å²) < 4.78 is 10.9. The number of ether oxygens (including phenoxy) is 2. The Labute approximate surface area is 100 Å². The highest BCUT2D eigenvalue weighted by Gasteiger charge is 2.07. The van der Waals surface area contributed by atoms with Gasteiger partial charge in [-0.05, 0) is 40.0 Å². The molecule has 0 spiro atoms. The topological polar surface area (TPSA) is 33.7 Å². The van der Waals surface area contributed by atoms with Crippen molar-refractivity contribution in [3.8, 4) is 0 Å². The molecule has 0 radical (unpaired) electrons. The number of methoxy groups -OCH3 is 1. The predicted octanol–water partition coefficient (Wildman–Crippen LogP) is 0.969. The molecule has 0 saturated carbocycles. The molecule has 4 nitrogen and oxygen atoms in total. The van der Waals surface area contributed by atoms with E-state index < -0.39 is 0 Å². The Morgan fingerprint density at radius 3 is 2.62 bits per heavy atom. The molecule has 1 atom stereocenters. The van der Waals surface area contributed by atoms with E-state index in [-0.39, 0.29) is 6.10 Å². The minimum absolute atomic E-state index is 0.179. The van der Waals surface area contributed by atoms with E-state index in [0.717, 1.165) is 39.1 Å². The van der Waals surface area contributed by atoms with Gasteiger partial charge in [0.25, 0.3) is 0 Å². The van der Waals surface area contributed by atoms with Gasteiger partial charge in [0, 0.05) is 20.3 Å². The average Bonchev–Trinajstić information content (AvgIpc) is 2.24. The minimum atomic E-state index is 0.179. The van der Waals surface area contributed by atoms with E-state index in [2.05, 4.69) is 31.2 Å². The zero-order chi connectivity index (χ0) is 12.2. The van der Waals surface area contributed by atoms with Crippen molar-refractivity contribution in [1.29, 1.82) is 0 Å². The normalized spacial score (nSPS) is 13.3. The summed E-state index contributed by atoms with van der Waals surface area (Å²) >= 11 is 0. The van der Waals surface area contributed by atoms with Gasteiger partial charge < -0.3 is 19.7 Å². The molecule has 0 aliphatic carbocycles. The smallest absolute Gasteiger partial charge is 0.0932 e. The van der Waals surface area contributed by atoms with Crippen LogP contribution in [0.25, 0.3) is 0 Å². The summed E-state index contributed by atoms with van der Waals surface area (Å²) in [6.07, 6.45) is 2.40. The van der Waals surface area contributed by atoms with Crippen molar-refractivity contribution < 1.29 is 9.47 Å². The van der Waals surface area contributed by atoms with E-state index in [1.54, 1.807) is 7.11 Å². The van der Waals surface area contributed by atoms with Crippen LogP contribution in [0.5, 0.6) is 0 Å². The summed E-state index contributed by atoms with van der Waals surface area (Å²) in [6, 6.07) is 0. The van der Waals surface area contributed by atoms with Crippen molar-refractivity contribution in [2.45, 2.75) is 25.9 Å². The molecule has 0 fully saturated rings. The maximum absolute atomic E-state index is 5.77. The lowest BCUT2D eigenvalue weighted by atomic mass is 10.3. The van der Waals surface area contributed by atoms with Gasteiger partial charge in [-0.3, -0.25) is 0 Å². The van der Waals surface area contributed by atoms with Crippen LogP contribution in [0, 0.1) is 0 Å². The second-order valence-electron chi connectivity index (χ2n) is 4.31. The standard InChI is InChI=1S/C12H28N2O2/c1-5-7-13-10-12(11-15-4)16-9-6-8-14(2)3/h12-13H,5-11H2,1-4H3. The molecule has 0 rings (SSSR count). The van der Waals surface area contributed by atoms with E-state index in [9.17, 15) is 0 Å². The first-order valence-electron chi connectivity index (χ1n) is 6.16. The number of hydrogen-bond acceptors (Lipinski definition) is 4. The fourth-order valence-corrected chi connectivity index (χ4v) is 1.42. The molecule has 4 heteroatoms. The molecule has 98 valence electrons. The summed E-state index contributed by atoms with van der Waals surface area (Å²) in [7, 11) is 5.88. The van der Waals surface area contributed by atoms with Gasteiger partial charge in [-0.15, -0.1) is 0 Å². The Hall–Kier alpha value is -0.160. The molecule has 0 heterocycles. The third-order valence-electron chi connectivity index (χ3n) is 2.25. The summed E-state index contributed by atoms with van der Waals surface area (Å²) in [4.78, 5) is 2.17. The summed E-state index contributed by atoms with van der Waals surface area (Å²) in [5, 5.41) is 3.35. The molecule has 1 unspecified atom stereocenters. The highest BCUT2D eigenvalue weighted by molar-refractivity contribution is 4.61. The van der Waals surface area contributed by atoms with Crippen LogP contribution >= 0.6 is 0 Å². The first-order chi connectivity index (χ1) is 7.70. The van der Waals surface area contributed by atoms with Gasteiger partial charge in [0.1, 0.15) is 0 Å². The Balaban J connectivity index is 3.51. The molecule has 0 aliphatic heterocycles. The maximum atomic E-state index is 5.77. The minimum Gasteiger partial charge on any atom is -0.382 e. The Morgan fingerprint density at radius 2 is 2.06 bits per heavy atom. The van der Waals surface area contributed by atoms with Crippen molar-refractivity contribution in [2.24, 2.45) is 0 Å². The maximum Gasteiger partial charge on any atom is 0.0932 e. The Morgan fingerprint density at radius 1 is 1.31 bits per heavy atom. The third kappa shape index (κ3) is 10.4. The van der Waals surface area contributed by atoms with Gasteiger partial charge >= 0.3 is 0 Å². The van der Waals surface area contributed by atoms with Crippen LogP contribution in [-0.4, -0.2) is 65.1 Å². The van der Waals surface area contributed by atoms with Crippen molar-refractivity contribution >= 4 is 0 Å². The SMILES string of the molecule is CCCNCC(COC)OCCCN(C)C. The van der Waals surface area contributed by atoms with Crippen LogP contribution in [0.3, 0.4) is 0 Å². The molecule has 0 aromatic heterocycles. The number of hydrogen-bond donors (Lipinski definition) is 1. The monoisotopic (exact) mass is 232 g/mol. The van der Waals surface area contributed by atoms with Crippen LogP contribution in [-0.2, 0) is 9.47 Å². The van der Waals surface area contributed by atoms with Gasteiger partial charge in [-0.2, -0.15) is 0 Å². The number of rotatable bonds is 11. The number of nitrogens with one attached hydrogen (secondary N) is 1. The van der Waals surface area contributed by atoms with E-state index in [1.807, 2.05) is 0 Å². The van der Waals surface area contributed by atoms with Crippen molar-refractivity contribution in [3.05, 3.63) is 0 Å². The van der Waals surface area contributed by atoms with Crippen LogP contribution in [0.15, 0.2) is 0 Å². The van der Waals surface area contributed by atoms with Crippen LogP contribution in [0.1, 0.15) is 19.8 Å². The molecule has 0 amide bonds. The summed E-state index contributed by atoms with van der Waals surface area (Å²) in [5.41, 5.74) is 0. The van der Waals surface area contributed by atoms with Crippen molar-refractivity contribution in [1.82, 2.24) is 10.2 Å².